The second-order valence-corrected chi connectivity index (χ2v) is 3.31. The molecule has 3 heteroatoms. The molecule has 0 bridgehead atoms. The second-order valence-electron chi connectivity index (χ2n) is 1.30. The van der Waals surface area contributed by atoms with Crippen molar-refractivity contribution in [1.82, 2.24) is 0 Å². The summed E-state index contributed by atoms with van der Waals surface area (Å²) in [4.78, 5) is 0. The molecule has 2 nitrogen and oxygen atoms in total. The van der Waals surface area contributed by atoms with Gasteiger partial charge in [-0.25, -0.2) is 0 Å². The Morgan fingerprint density at radius 3 is 2.50 bits per heavy atom. The molecule has 0 aliphatic rings. The highest BCUT2D eigenvalue weighted by Gasteiger charge is 2.01. The van der Waals surface area contributed by atoms with Crippen LogP contribution in [0.5, 0.6) is 0 Å². The van der Waals surface area contributed by atoms with Crippen LogP contribution in [0.25, 0.3) is 0 Å². The van der Waals surface area contributed by atoms with E-state index in [1.807, 2.05) is 6.92 Å². The first-order valence-corrected chi connectivity index (χ1v) is 4.23. The van der Waals surface area contributed by atoms with Crippen molar-refractivity contribution >= 4 is 9.28 Å². The fourth-order valence-corrected chi connectivity index (χ4v) is 1.19. The minimum Gasteiger partial charge on any atom is -0.397 e. The molecule has 0 aromatic carbocycles. The van der Waals surface area contributed by atoms with E-state index in [9.17, 15) is 0 Å². The Hall–Kier alpha value is -0.123. The molecule has 1 atom stereocenters. The Morgan fingerprint density at radius 2 is 2.38 bits per heavy atom. The first-order valence-electron chi connectivity index (χ1n) is 2.62. The lowest BCUT2D eigenvalue weighted by Gasteiger charge is -2.05. The van der Waals surface area contributed by atoms with E-state index in [1.54, 1.807) is 12.8 Å². The Morgan fingerprint density at radius 1 is 1.75 bits per heavy atom. The highest BCUT2D eigenvalue weighted by Crippen LogP contribution is 1.85. The summed E-state index contributed by atoms with van der Waals surface area (Å²) in [7, 11) is 0.219. The van der Waals surface area contributed by atoms with Crippen molar-refractivity contribution in [3.63, 3.8) is 0 Å². The average molecular weight is 132 g/mol. The van der Waals surface area contributed by atoms with Gasteiger partial charge in [-0.1, -0.05) is 5.70 Å². The molecule has 0 rings (SSSR count). The number of hydrogen-bond donors (Lipinski definition) is 0. The van der Waals surface area contributed by atoms with Crippen molar-refractivity contribution in [1.29, 1.82) is 0 Å². The van der Waals surface area contributed by atoms with Crippen LogP contribution in [0.4, 0.5) is 0 Å². The van der Waals surface area contributed by atoms with Crippen LogP contribution in [-0.4, -0.2) is 23.0 Å². The number of rotatable bonds is 4. The van der Waals surface area contributed by atoms with Gasteiger partial charge in [0.25, 0.3) is 0 Å². The van der Waals surface area contributed by atoms with Gasteiger partial charge in [-0.05, 0) is 6.92 Å². The first-order chi connectivity index (χ1) is 3.85. The zero-order valence-electron chi connectivity index (χ0n) is 5.39. The van der Waals surface area contributed by atoms with Gasteiger partial charge in [0.2, 0.25) is 0 Å². The zero-order chi connectivity index (χ0) is 6.41. The molecule has 0 radical (unpaired) electrons. The molecule has 0 spiro atoms. The minimum atomic E-state index is -1.43. The summed E-state index contributed by atoms with van der Waals surface area (Å²) in [5.41, 5.74) is 1.75. The van der Waals surface area contributed by atoms with Crippen LogP contribution in [0, 0.1) is 0 Å². The van der Waals surface area contributed by atoms with Gasteiger partial charge in [0, 0.05) is 13.7 Å². The first kappa shape index (κ1) is 7.88. The summed E-state index contributed by atoms with van der Waals surface area (Å²) < 4.78 is 10.1. The van der Waals surface area contributed by atoms with Crippen LogP contribution >= 0.6 is 0 Å². The Kier molecular flexibility index (Phi) is 4.95. The second kappa shape index (κ2) is 5.02. The van der Waals surface area contributed by atoms with Crippen molar-refractivity contribution in [3.05, 3.63) is 12.3 Å². The fraction of sp³-hybridized carbons (Fsp3) is 0.600. The highest BCUT2D eigenvalue weighted by molar-refractivity contribution is 6.50. The van der Waals surface area contributed by atoms with Crippen LogP contribution in [0.2, 0.25) is 0 Å². The third-order valence-electron chi connectivity index (χ3n) is 0.756. The maximum Gasteiger partial charge on any atom is 0.347 e. The maximum absolute atomic E-state index is 5.14. The van der Waals surface area contributed by atoms with E-state index < -0.39 is 9.28 Å². The molecular formula is C5H12O2Si. The summed E-state index contributed by atoms with van der Waals surface area (Å²) >= 11 is 0. The van der Waals surface area contributed by atoms with Gasteiger partial charge >= 0.3 is 9.28 Å². The number of hydrogen-bond acceptors (Lipinski definition) is 2. The fourth-order valence-electron chi connectivity index (χ4n) is 0.397. The molecule has 0 N–H and O–H groups in total. The summed E-state index contributed by atoms with van der Waals surface area (Å²) in [6.45, 7) is 6.23. The monoisotopic (exact) mass is 132 g/mol. The van der Waals surface area contributed by atoms with Gasteiger partial charge < -0.3 is 8.85 Å². The molecule has 0 aliphatic carbocycles. The van der Waals surface area contributed by atoms with Crippen LogP contribution in [0.15, 0.2) is 12.3 Å². The Balaban J connectivity index is 3.21. The zero-order valence-corrected chi connectivity index (χ0v) is 6.54. The molecule has 0 heterocycles. The van der Waals surface area contributed by atoms with Gasteiger partial charge in [-0.3, -0.25) is 0 Å². The maximum atomic E-state index is 5.14. The van der Waals surface area contributed by atoms with E-state index in [0.29, 0.717) is 0 Å². The molecule has 0 saturated heterocycles. The van der Waals surface area contributed by atoms with E-state index in [-0.39, 0.29) is 0 Å². The molecule has 0 fully saturated rings. The van der Waals surface area contributed by atoms with Gasteiger partial charge in [0.15, 0.2) is 0 Å². The lowest BCUT2D eigenvalue weighted by molar-refractivity contribution is 0.252. The molecule has 0 amide bonds. The SMILES string of the molecule is C=C[SiH](OC)OCC. The summed E-state index contributed by atoms with van der Waals surface area (Å²) in [5, 5.41) is 0. The summed E-state index contributed by atoms with van der Waals surface area (Å²) in [6.07, 6.45) is 0. The smallest absolute Gasteiger partial charge is 0.347 e. The van der Waals surface area contributed by atoms with Crippen molar-refractivity contribution < 1.29 is 8.85 Å². The molecule has 0 aromatic heterocycles. The van der Waals surface area contributed by atoms with Gasteiger partial charge in [-0.15, -0.1) is 6.58 Å². The third-order valence-corrected chi connectivity index (χ3v) is 2.27. The van der Waals surface area contributed by atoms with Gasteiger partial charge in [0.05, 0.1) is 0 Å². The van der Waals surface area contributed by atoms with Crippen molar-refractivity contribution in [3.8, 4) is 0 Å². The topological polar surface area (TPSA) is 18.5 Å². The molecule has 8 heavy (non-hydrogen) atoms. The average Bonchev–Trinajstić information content (AvgIpc) is 1.83. The summed E-state index contributed by atoms with van der Waals surface area (Å²) in [5.74, 6) is 0. The standard InChI is InChI=1S/C5H12O2Si/c1-4-7-8(5-2)6-3/h5,8H,2,4H2,1,3H3. The largest absolute Gasteiger partial charge is 0.397 e. The molecule has 48 valence electrons. The quantitative estimate of drug-likeness (QED) is 0.522. The molecule has 0 aromatic rings. The van der Waals surface area contributed by atoms with Crippen LogP contribution in [0.3, 0.4) is 0 Å². The van der Waals surface area contributed by atoms with Gasteiger partial charge in [0.1, 0.15) is 0 Å². The van der Waals surface area contributed by atoms with Crippen LogP contribution < -0.4 is 0 Å². The Labute approximate surface area is 52.0 Å². The predicted molar refractivity (Wildman–Crippen MR) is 36.0 cm³/mol. The van der Waals surface area contributed by atoms with Crippen molar-refractivity contribution in [2.75, 3.05) is 13.7 Å². The van der Waals surface area contributed by atoms with E-state index in [1.165, 1.54) is 0 Å². The third kappa shape index (κ3) is 2.96. The van der Waals surface area contributed by atoms with E-state index in [2.05, 4.69) is 6.58 Å². The molecule has 0 saturated carbocycles. The predicted octanol–water partition coefficient (Wildman–Crippen LogP) is 0.615. The molecular weight excluding hydrogens is 120 g/mol. The van der Waals surface area contributed by atoms with Crippen LogP contribution in [0.1, 0.15) is 6.92 Å². The van der Waals surface area contributed by atoms with Crippen molar-refractivity contribution in [2.45, 2.75) is 6.92 Å². The molecule has 0 aliphatic heterocycles. The van der Waals surface area contributed by atoms with E-state index in [0.717, 1.165) is 6.61 Å². The lowest BCUT2D eigenvalue weighted by atomic mass is 10.9. The minimum absolute atomic E-state index is 0.719. The van der Waals surface area contributed by atoms with Gasteiger partial charge in [-0.2, -0.15) is 0 Å². The highest BCUT2D eigenvalue weighted by atomic mass is 28.3. The Bertz CT molecular complexity index is 65.4. The van der Waals surface area contributed by atoms with E-state index >= 15 is 0 Å². The van der Waals surface area contributed by atoms with E-state index in [4.69, 9.17) is 8.85 Å². The normalized spacial score (nSPS) is 13.2. The lowest BCUT2D eigenvalue weighted by Crippen LogP contribution is -2.17. The van der Waals surface area contributed by atoms with Crippen LogP contribution in [-0.2, 0) is 8.85 Å². The van der Waals surface area contributed by atoms with Crippen molar-refractivity contribution in [2.24, 2.45) is 0 Å². The molecule has 1 unspecified atom stereocenters. The summed E-state index contributed by atoms with van der Waals surface area (Å²) in [6, 6.07) is 0.